The summed E-state index contributed by atoms with van der Waals surface area (Å²) in [4.78, 5) is 10.9. The van der Waals surface area contributed by atoms with Gasteiger partial charge in [-0.05, 0) is 23.6 Å². The third kappa shape index (κ3) is 4.21. The van der Waals surface area contributed by atoms with Crippen molar-refractivity contribution in [2.45, 2.75) is 23.8 Å². The number of hydrogen-bond donors (Lipinski definition) is 1. The van der Waals surface area contributed by atoms with E-state index in [0.29, 0.717) is 12.8 Å². The Morgan fingerprint density at radius 2 is 2.10 bits per heavy atom. The van der Waals surface area contributed by atoms with Crippen LogP contribution in [0.25, 0.3) is 0 Å². The first-order valence-corrected chi connectivity index (χ1v) is 6.98. The van der Waals surface area contributed by atoms with E-state index in [9.17, 15) is 18.0 Å². The summed E-state index contributed by atoms with van der Waals surface area (Å²) >= 11 is 3.31. The van der Waals surface area contributed by atoms with Crippen LogP contribution in [0.3, 0.4) is 0 Å². The zero-order chi connectivity index (χ0) is 14.8. The molecule has 7 heteroatoms. The Balaban J connectivity index is 1.97. The molecule has 0 bridgehead atoms. The molecule has 110 valence electrons. The summed E-state index contributed by atoms with van der Waals surface area (Å²) in [5, 5.41) is 2.75. The standard InChI is InChI=1S/C13H13BrF3NO2/c14-10(6-20-7-13(15,16)17)8-1-3-11-9(5-8)2-4-12(19)18-11/h1,3,5,10H,2,4,6-7H2,(H,18,19). The van der Waals surface area contributed by atoms with Gasteiger partial charge < -0.3 is 10.1 Å². The molecule has 1 amide bonds. The normalized spacial score (nSPS) is 16.5. The van der Waals surface area contributed by atoms with E-state index in [0.717, 1.165) is 16.8 Å². The molecule has 2 rings (SSSR count). The van der Waals surface area contributed by atoms with E-state index < -0.39 is 12.8 Å². The molecule has 3 nitrogen and oxygen atoms in total. The van der Waals surface area contributed by atoms with E-state index in [2.05, 4.69) is 26.0 Å². The SMILES string of the molecule is O=C1CCc2cc(C(Br)COCC(F)(F)F)ccc2N1. The van der Waals surface area contributed by atoms with Crippen molar-refractivity contribution in [2.24, 2.45) is 0 Å². The van der Waals surface area contributed by atoms with E-state index in [1.807, 2.05) is 6.07 Å². The van der Waals surface area contributed by atoms with Gasteiger partial charge in [0.15, 0.2) is 0 Å². The maximum absolute atomic E-state index is 12.0. The second kappa shape index (κ2) is 6.13. The molecule has 0 spiro atoms. The molecule has 1 aliphatic rings. The highest BCUT2D eigenvalue weighted by Gasteiger charge is 2.28. The maximum Gasteiger partial charge on any atom is 0.411 e. The molecule has 0 fully saturated rings. The van der Waals surface area contributed by atoms with Gasteiger partial charge in [0.05, 0.1) is 11.4 Å². The van der Waals surface area contributed by atoms with Crippen molar-refractivity contribution in [1.82, 2.24) is 0 Å². The van der Waals surface area contributed by atoms with Crippen molar-refractivity contribution in [1.29, 1.82) is 0 Å². The number of carbonyl (C=O) groups is 1. The van der Waals surface area contributed by atoms with Crippen LogP contribution in [-0.2, 0) is 16.0 Å². The second-order valence-electron chi connectivity index (χ2n) is 4.56. The van der Waals surface area contributed by atoms with Crippen molar-refractivity contribution in [3.8, 4) is 0 Å². The minimum absolute atomic E-state index is 0.0193. The topological polar surface area (TPSA) is 38.3 Å². The first-order valence-electron chi connectivity index (χ1n) is 6.06. The maximum atomic E-state index is 12.0. The highest BCUT2D eigenvalue weighted by molar-refractivity contribution is 9.09. The van der Waals surface area contributed by atoms with Crippen molar-refractivity contribution in [3.05, 3.63) is 29.3 Å². The van der Waals surface area contributed by atoms with Crippen LogP contribution in [0.5, 0.6) is 0 Å². The highest BCUT2D eigenvalue weighted by atomic mass is 79.9. The molecular weight excluding hydrogens is 339 g/mol. The molecule has 0 aliphatic carbocycles. The Hall–Kier alpha value is -1.08. The Bertz CT molecular complexity index is 505. The lowest BCUT2D eigenvalue weighted by Gasteiger charge is -2.19. The number of aryl methyl sites for hydroxylation is 1. The monoisotopic (exact) mass is 351 g/mol. The number of halogens is 4. The Kier molecular flexibility index (Phi) is 4.70. The number of fused-ring (bicyclic) bond motifs is 1. The van der Waals surface area contributed by atoms with Crippen molar-refractivity contribution < 1.29 is 22.7 Å². The fourth-order valence-electron chi connectivity index (χ4n) is 1.97. The minimum Gasteiger partial charge on any atom is -0.371 e. The summed E-state index contributed by atoms with van der Waals surface area (Å²) in [5.74, 6) is -0.0193. The van der Waals surface area contributed by atoms with Gasteiger partial charge in [0.1, 0.15) is 6.61 Å². The number of benzene rings is 1. The van der Waals surface area contributed by atoms with Crippen LogP contribution < -0.4 is 5.32 Å². The largest absolute Gasteiger partial charge is 0.411 e. The van der Waals surface area contributed by atoms with Gasteiger partial charge in [-0.3, -0.25) is 4.79 Å². The molecule has 1 aromatic carbocycles. The van der Waals surface area contributed by atoms with E-state index in [1.54, 1.807) is 12.1 Å². The van der Waals surface area contributed by atoms with Crippen LogP contribution in [0.1, 0.15) is 22.4 Å². The fraction of sp³-hybridized carbons (Fsp3) is 0.462. The number of rotatable bonds is 4. The number of alkyl halides is 4. The van der Waals surface area contributed by atoms with Gasteiger partial charge in [-0.15, -0.1) is 0 Å². The van der Waals surface area contributed by atoms with Crippen molar-refractivity contribution in [3.63, 3.8) is 0 Å². The number of ether oxygens (including phenoxy) is 1. The Morgan fingerprint density at radius 3 is 2.80 bits per heavy atom. The molecule has 1 atom stereocenters. The van der Waals surface area contributed by atoms with E-state index >= 15 is 0 Å². The molecule has 1 heterocycles. The minimum atomic E-state index is -4.31. The van der Waals surface area contributed by atoms with Gasteiger partial charge >= 0.3 is 6.18 Å². The molecule has 20 heavy (non-hydrogen) atoms. The fourth-order valence-corrected chi connectivity index (χ4v) is 2.44. The molecule has 0 radical (unpaired) electrons. The van der Waals surface area contributed by atoms with Crippen LogP contribution in [0.4, 0.5) is 18.9 Å². The number of anilines is 1. The lowest BCUT2D eigenvalue weighted by atomic mass is 9.99. The van der Waals surface area contributed by atoms with E-state index in [-0.39, 0.29) is 17.3 Å². The molecule has 0 aromatic heterocycles. The molecule has 1 aromatic rings. The Labute approximate surface area is 122 Å². The van der Waals surface area contributed by atoms with Crippen molar-refractivity contribution in [2.75, 3.05) is 18.5 Å². The summed E-state index contributed by atoms with van der Waals surface area (Å²) in [6.07, 6.45) is -3.25. The lowest BCUT2D eigenvalue weighted by Crippen LogP contribution is -2.20. The predicted molar refractivity (Wildman–Crippen MR) is 71.9 cm³/mol. The van der Waals surface area contributed by atoms with E-state index in [4.69, 9.17) is 0 Å². The number of amides is 1. The Morgan fingerprint density at radius 1 is 1.35 bits per heavy atom. The number of nitrogens with one attached hydrogen (secondary N) is 1. The summed E-state index contributed by atoms with van der Waals surface area (Å²) < 4.78 is 40.6. The molecule has 0 saturated heterocycles. The van der Waals surface area contributed by atoms with Crippen molar-refractivity contribution >= 4 is 27.5 Å². The summed E-state index contributed by atoms with van der Waals surface area (Å²) in [5.41, 5.74) is 2.59. The zero-order valence-electron chi connectivity index (χ0n) is 10.5. The van der Waals surface area contributed by atoms with E-state index in [1.165, 1.54) is 0 Å². The van der Waals surface area contributed by atoms with Gasteiger partial charge in [0.25, 0.3) is 0 Å². The summed E-state index contributed by atoms with van der Waals surface area (Å²) in [6, 6.07) is 5.41. The van der Waals surface area contributed by atoms with Crippen LogP contribution in [0.15, 0.2) is 18.2 Å². The van der Waals surface area contributed by atoms with Gasteiger partial charge in [-0.2, -0.15) is 13.2 Å². The van der Waals surface area contributed by atoms with Gasteiger partial charge in [0, 0.05) is 12.1 Å². The third-order valence-electron chi connectivity index (χ3n) is 2.92. The van der Waals surface area contributed by atoms with Crippen LogP contribution in [0, 0.1) is 0 Å². The quantitative estimate of drug-likeness (QED) is 0.842. The first kappa shape index (κ1) is 15.3. The van der Waals surface area contributed by atoms with Crippen LogP contribution in [-0.4, -0.2) is 25.3 Å². The zero-order valence-corrected chi connectivity index (χ0v) is 12.1. The number of hydrogen-bond acceptors (Lipinski definition) is 2. The molecule has 0 saturated carbocycles. The smallest absolute Gasteiger partial charge is 0.371 e. The average Bonchev–Trinajstić information content (AvgIpc) is 2.36. The second-order valence-corrected chi connectivity index (χ2v) is 5.67. The molecule has 1 unspecified atom stereocenters. The van der Waals surface area contributed by atoms with Crippen LogP contribution in [0.2, 0.25) is 0 Å². The average molecular weight is 352 g/mol. The molecule has 1 aliphatic heterocycles. The predicted octanol–water partition coefficient (Wildman–Crippen LogP) is 3.59. The van der Waals surface area contributed by atoms with Gasteiger partial charge in [-0.25, -0.2) is 0 Å². The highest BCUT2D eigenvalue weighted by Crippen LogP contribution is 2.30. The summed E-state index contributed by atoms with van der Waals surface area (Å²) in [6.45, 7) is -1.32. The molecular formula is C13H13BrF3NO2. The van der Waals surface area contributed by atoms with Crippen LogP contribution >= 0.6 is 15.9 Å². The third-order valence-corrected chi connectivity index (χ3v) is 3.71. The summed E-state index contributed by atoms with van der Waals surface area (Å²) in [7, 11) is 0. The lowest BCUT2D eigenvalue weighted by molar-refractivity contribution is -0.173. The first-order chi connectivity index (χ1) is 9.35. The van der Waals surface area contributed by atoms with Gasteiger partial charge in [-0.1, -0.05) is 28.1 Å². The number of carbonyl (C=O) groups excluding carboxylic acids is 1. The van der Waals surface area contributed by atoms with Gasteiger partial charge in [0.2, 0.25) is 5.91 Å². The molecule has 1 N–H and O–H groups in total.